The second kappa shape index (κ2) is 9.07. The molecule has 0 aliphatic rings. The highest BCUT2D eigenvalue weighted by molar-refractivity contribution is 6.32. The average molecular weight is 424 g/mol. The molecule has 4 rings (SSSR count). The second-order valence-electron chi connectivity index (χ2n) is 6.58. The number of pyridine rings is 2. The van der Waals surface area contributed by atoms with E-state index in [0.29, 0.717) is 29.7 Å². The summed E-state index contributed by atoms with van der Waals surface area (Å²) in [5.41, 5.74) is 3.99. The Labute approximate surface area is 178 Å². The van der Waals surface area contributed by atoms with Crippen LogP contribution in [0, 0.1) is 5.82 Å². The van der Waals surface area contributed by atoms with Crippen LogP contribution in [0.15, 0.2) is 67.0 Å². The van der Waals surface area contributed by atoms with Crippen molar-refractivity contribution in [1.82, 2.24) is 9.97 Å². The third-order valence-corrected chi connectivity index (χ3v) is 4.84. The van der Waals surface area contributed by atoms with Gasteiger partial charge in [-0.3, -0.25) is 4.98 Å². The molecule has 0 saturated carbocycles. The second-order valence-corrected chi connectivity index (χ2v) is 6.93. The van der Waals surface area contributed by atoms with Crippen molar-refractivity contribution >= 4 is 33.9 Å². The zero-order valence-corrected chi connectivity index (χ0v) is 17.0. The lowest BCUT2D eigenvalue weighted by molar-refractivity contribution is 0.147. The van der Waals surface area contributed by atoms with E-state index in [4.69, 9.17) is 21.1 Å². The van der Waals surface area contributed by atoms with Crippen molar-refractivity contribution in [2.75, 3.05) is 25.6 Å². The van der Waals surface area contributed by atoms with Gasteiger partial charge in [-0.15, -0.1) is 0 Å². The standard InChI is InChI=1S/C23H19ClFN3O2/c1-29-10-11-30-22-8-9-26-20-7-2-15(12-19(20)22)16-13-21(23(24)27-14-16)28-18-5-3-17(25)4-6-18/h2-9,12-14,28H,10-11H2,1H3. The van der Waals surface area contributed by atoms with Gasteiger partial charge in [0, 0.05) is 36.1 Å². The third kappa shape index (κ3) is 4.50. The fraction of sp³-hybridized carbons (Fsp3) is 0.130. The molecular weight excluding hydrogens is 405 g/mol. The summed E-state index contributed by atoms with van der Waals surface area (Å²) >= 11 is 6.27. The van der Waals surface area contributed by atoms with Gasteiger partial charge in [0.25, 0.3) is 0 Å². The highest BCUT2D eigenvalue weighted by Crippen LogP contribution is 2.32. The molecule has 0 amide bonds. The molecule has 2 aromatic heterocycles. The Balaban J connectivity index is 1.67. The van der Waals surface area contributed by atoms with Crippen LogP contribution in [0.5, 0.6) is 5.75 Å². The number of aromatic nitrogens is 2. The molecule has 5 nitrogen and oxygen atoms in total. The van der Waals surface area contributed by atoms with Crippen molar-refractivity contribution in [2.45, 2.75) is 0 Å². The van der Waals surface area contributed by atoms with E-state index in [1.165, 1.54) is 12.1 Å². The van der Waals surface area contributed by atoms with E-state index in [1.807, 2.05) is 30.3 Å². The number of ether oxygens (including phenoxy) is 2. The number of hydrogen-bond donors (Lipinski definition) is 1. The maximum Gasteiger partial charge on any atom is 0.152 e. The van der Waals surface area contributed by atoms with E-state index in [1.54, 1.807) is 31.6 Å². The van der Waals surface area contributed by atoms with E-state index in [2.05, 4.69) is 15.3 Å². The first-order valence-corrected chi connectivity index (χ1v) is 9.71. The molecule has 0 radical (unpaired) electrons. The molecule has 4 aromatic rings. The molecule has 152 valence electrons. The molecule has 0 saturated heterocycles. The third-order valence-electron chi connectivity index (χ3n) is 4.54. The van der Waals surface area contributed by atoms with Gasteiger partial charge in [0.15, 0.2) is 5.15 Å². The first kappa shape index (κ1) is 20.1. The number of benzene rings is 2. The molecule has 2 aromatic carbocycles. The topological polar surface area (TPSA) is 56.3 Å². The number of nitrogens with one attached hydrogen (secondary N) is 1. The summed E-state index contributed by atoms with van der Waals surface area (Å²) in [4.78, 5) is 8.71. The number of halogens is 2. The van der Waals surface area contributed by atoms with Crippen LogP contribution in [0.25, 0.3) is 22.0 Å². The van der Waals surface area contributed by atoms with Crippen LogP contribution in [-0.4, -0.2) is 30.3 Å². The molecule has 0 aliphatic heterocycles. The normalized spacial score (nSPS) is 10.9. The van der Waals surface area contributed by atoms with Gasteiger partial charge in [-0.1, -0.05) is 17.7 Å². The minimum absolute atomic E-state index is 0.299. The smallest absolute Gasteiger partial charge is 0.152 e. The van der Waals surface area contributed by atoms with E-state index in [-0.39, 0.29) is 5.82 Å². The van der Waals surface area contributed by atoms with Crippen molar-refractivity contribution in [2.24, 2.45) is 0 Å². The molecule has 0 unspecified atom stereocenters. The first-order valence-electron chi connectivity index (χ1n) is 9.33. The van der Waals surface area contributed by atoms with Crippen molar-refractivity contribution in [3.05, 3.63) is 78.0 Å². The Morgan fingerprint density at radius 1 is 0.967 bits per heavy atom. The molecule has 0 spiro atoms. The van der Waals surface area contributed by atoms with Crippen LogP contribution in [0.4, 0.5) is 15.8 Å². The maximum absolute atomic E-state index is 13.2. The van der Waals surface area contributed by atoms with E-state index in [0.717, 1.165) is 27.8 Å². The van der Waals surface area contributed by atoms with E-state index >= 15 is 0 Å². The van der Waals surface area contributed by atoms with Gasteiger partial charge in [-0.25, -0.2) is 9.37 Å². The minimum Gasteiger partial charge on any atom is -0.490 e. The summed E-state index contributed by atoms with van der Waals surface area (Å²) in [7, 11) is 1.64. The first-order chi connectivity index (χ1) is 14.6. The Morgan fingerprint density at radius 2 is 1.80 bits per heavy atom. The number of rotatable bonds is 7. The van der Waals surface area contributed by atoms with Crippen molar-refractivity contribution in [1.29, 1.82) is 0 Å². The predicted octanol–water partition coefficient (Wildman–Crippen LogP) is 5.86. The van der Waals surface area contributed by atoms with Crippen molar-refractivity contribution in [3.63, 3.8) is 0 Å². The summed E-state index contributed by atoms with van der Waals surface area (Å²) in [5.74, 6) is 0.442. The van der Waals surface area contributed by atoms with Gasteiger partial charge < -0.3 is 14.8 Å². The molecule has 2 heterocycles. The van der Waals surface area contributed by atoms with Crippen LogP contribution < -0.4 is 10.1 Å². The van der Waals surface area contributed by atoms with Gasteiger partial charge in [0.2, 0.25) is 0 Å². The quantitative estimate of drug-likeness (QED) is 0.298. The van der Waals surface area contributed by atoms with Gasteiger partial charge in [0.1, 0.15) is 18.2 Å². The summed E-state index contributed by atoms with van der Waals surface area (Å²) < 4.78 is 24.1. The monoisotopic (exact) mass is 423 g/mol. The lowest BCUT2D eigenvalue weighted by atomic mass is 10.0. The molecule has 0 atom stereocenters. The highest BCUT2D eigenvalue weighted by Gasteiger charge is 2.09. The fourth-order valence-electron chi connectivity index (χ4n) is 3.04. The largest absolute Gasteiger partial charge is 0.490 e. The molecule has 1 N–H and O–H groups in total. The molecule has 7 heteroatoms. The Morgan fingerprint density at radius 3 is 2.60 bits per heavy atom. The van der Waals surface area contributed by atoms with E-state index in [9.17, 15) is 4.39 Å². The summed E-state index contributed by atoms with van der Waals surface area (Å²) in [6.45, 7) is 0.955. The number of fused-ring (bicyclic) bond motifs is 1. The van der Waals surface area contributed by atoms with Gasteiger partial charge in [-0.05, 0) is 54.1 Å². The van der Waals surface area contributed by atoms with Crippen LogP contribution in [0.3, 0.4) is 0 Å². The summed E-state index contributed by atoms with van der Waals surface area (Å²) in [5, 5.41) is 4.41. The number of anilines is 2. The zero-order chi connectivity index (χ0) is 20.9. The van der Waals surface area contributed by atoms with Crippen LogP contribution in [0.1, 0.15) is 0 Å². The highest BCUT2D eigenvalue weighted by atomic mass is 35.5. The number of hydrogen-bond acceptors (Lipinski definition) is 5. The van der Waals surface area contributed by atoms with Crippen molar-refractivity contribution in [3.8, 4) is 16.9 Å². The van der Waals surface area contributed by atoms with Gasteiger partial charge >= 0.3 is 0 Å². The molecule has 30 heavy (non-hydrogen) atoms. The lowest BCUT2D eigenvalue weighted by Gasteiger charge is -2.12. The number of methoxy groups -OCH3 is 1. The molecule has 0 aliphatic carbocycles. The lowest BCUT2D eigenvalue weighted by Crippen LogP contribution is -2.04. The van der Waals surface area contributed by atoms with Crippen LogP contribution in [0.2, 0.25) is 5.15 Å². The zero-order valence-electron chi connectivity index (χ0n) is 16.2. The van der Waals surface area contributed by atoms with Gasteiger partial charge in [0.05, 0.1) is 17.8 Å². The van der Waals surface area contributed by atoms with Gasteiger partial charge in [-0.2, -0.15) is 0 Å². The fourth-order valence-corrected chi connectivity index (χ4v) is 3.19. The molecule has 0 bridgehead atoms. The Kier molecular flexibility index (Phi) is 6.07. The SMILES string of the molecule is COCCOc1ccnc2ccc(-c3cnc(Cl)c(Nc4ccc(F)cc4)c3)cc12. The Bertz CT molecular complexity index is 1170. The predicted molar refractivity (Wildman–Crippen MR) is 117 cm³/mol. The maximum atomic E-state index is 13.2. The average Bonchev–Trinajstić information content (AvgIpc) is 2.77. The van der Waals surface area contributed by atoms with E-state index < -0.39 is 0 Å². The molecule has 0 fully saturated rings. The minimum atomic E-state index is -0.299. The summed E-state index contributed by atoms with van der Waals surface area (Å²) in [6, 6.07) is 15.7. The van der Waals surface area contributed by atoms with Crippen molar-refractivity contribution < 1.29 is 13.9 Å². The molecular formula is C23H19ClFN3O2. The Hall–Kier alpha value is -3.22. The summed E-state index contributed by atoms with van der Waals surface area (Å²) in [6.07, 6.45) is 3.43. The van der Waals surface area contributed by atoms with Crippen LogP contribution >= 0.6 is 11.6 Å². The number of nitrogens with zero attached hydrogens (tertiary/aromatic N) is 2. The van der Waals surface area contributed by atoms with Crippen LogP contribution in [-0.2, 0) is 4.74 Å².